The molecule has 2 heterocycles. The maximum absolute atomic E-state index is 13.3. The number of pyridine rings is 2. The van der Waals surface area contributed by atoms with Gasteiger partial charge >= 0.3 is 0 Å². The Morgan fingerprint density at radius 3 is 2.37 bits per heavy atom. The fraction of sp³-hybridized carbons (Fsp3) is 0. The van der Waals surface area contributed by atoms with Gasteiger partial charge in [-0.25, -0.2) is 4.85 Å². The Balaban J connectivity index is 2.06. The maximum Gasteiger partial charge on any atom is 0.263 e. The highest BCUT2D eigenvalue weighted by atomic mass is 35.5. The van der Waals surface area contributed by atoms with Crippen molar-refractivity contribution in [1.29, 1.82) is 0 Å². The topological polar surface area (TPSA) is 53.3 Å². The number of nitrogens with zero attached hydrogens (tertiary/aromatic N) is 3. The summed E-state index contributed by atoms with van der Waals surface area (Å²) >= 11 is 12.3. The number of para-hydroxylation sites is 1. The molecule has 30 heavy (non-hydrogen) atoms. The SMILES string of the molecule is [C-]#[N+]c1ccccc1-c1cc(-c2cc(Cl)cc(Cl)c2)c(=O)n(-c2ccc[n+]([O-])c2)c1. The van der Waals surface area contributed by atoms with E-state index < -0.39 is 0 Å². The van der Waals surface area contributed by atoms with Crippen LogP contribution in [-0.2, 0) is 0 Å². The van der Waals surface area contributed by atoms with E-state index in [9.17, 15) is 10.0 Å². The molecule has 0 N–H and O–H groups in total. The zero-order valence-electron chi connectivity index (χ0n) is 15.4. The number of halogens is 2. The third-order valence-electron chi connectivity index (χ3n) is 4.56. The Morgan fingerprint density at radius 2 is 1.67 bits per heavy atom. The van der Waals surface area contributed by atoms with Gasteiger partial charge in [0.2, 0.25) is 6.20 Å². The predicted molar refractivity (Wildman–Crippen MR) is 118 cm³/mol. The Bertz CT molecular complexity index is 1350. The van der Waals surface area contributed by atoms with Gasteiger partial charge in [0.15, 0.2) is 11.9 Å². The number of hydrogen-bond donors (Lipinski definition) is 0. The van der Waals surface area contributed by atoms with Gasteiger partial charge in [0.1, 0.15) is 5.69 Å². The van der Waals surface area contributed by atoms with Gasteiger partial charge in [0.05, 0.1) is 6.57 Å². The highest BCUT2D eigenvalue weighted by molar-refractivity contribution is 6.35. The summed E-state index contributed by atoms with van der Waals surface area (Å²) in [6.07, 6.45) is 4.27. The molecule has 0 spiro atoms. The summed E-state index contributed by atoms with van der Waals surface area (Å²) in [6.45, 7) is 7.47. The van der Waals surface area contributed by atoms with E-state index in [4.69, 9.17) is 29.8 Å². The van der Waals surface area contributed by atoms with Gasteiger partial charge in [-0.05, 0) is 47.0 Å². The van der Waals surface area contributed by atoms with Crippen molar-refractivity contribution >= 4 is 28.9 Å². The third kappa shape index (κ3) is 3.79. The smallest absolute Gasteiger partial charge is 0.263 e. The maximum atomic E-state index is 13.3. The van der Waals surface area contributed by atoms with Crippen LogP contribution < -0.4 is 10.3 Å². The van der Waals surface area contributed by atoms with Crippen molar-refractivity contribution in [3.63, 3.8) is 0 Å². The van der Waals surface area contributed by atoms with Crippen LogP contribution in [0.15, 0.2) is 84.0 Å². The molecule has 0 aliphatic heterocycles. The number of aromatic nitrogens is 2. The molecule has 0 saturated heterocycles. The summed E-state index contributed by atoms with van der Waals surface area (Å²) < 4.78 is 2.01. The molecule has 2 aromatic heterocycles. The molecule has 0 unspecified atom stereocenters. The lowest BCUT2D eigenvalue weighted by Crippen LogP contribution is -2.28. The second kappa shape index (κ2) is 8.03. The van der Waals surface area contributed by atoms with Crippen LogP contribution in [0, 0.1) is 11.8 Å². The number of hydrogen-bond acceptors (Lipinski definition) is 2. The van der Waals surface area contributed by atoms with Crippen molar-refractivity contribution in [2.24, 2.45) is 0 Å². The fourth-order valence-corrected chi connectivity index (χ4v) is 3.76. The molecular formula is C23H13Cl2N3O2. The van der Waals surface area contributed by atoms with E-state index in [1.165, 1.54) is 17.0 Å². The molecule has 0 bridgehead atoms. The van der Waals surface area contributed by atoms with Crippen molar-refractivity contribution in [3.05, 3.63) is 116 Å². The van der Waals surface area contributed by atoms with Crippen molar-refractivity contribution in [1.82, 2.24) is 4.57 Å². The van der Waals surface area contributed by atoms with Gasteiger partial charge in [-0.1, -0.05) is 47.5 Å². The van der Waals surface area contributed by atoms with Crippen LogP contribution in [0.2, 0.25) is 10.0 Å². The predicted octanol–water partition coefficient (Wildman–Crippen LogP) is 5.66. The molecule has 4 aromatic rings. The lowest BCUT2D eigenvalue weighted by molar-refractivity contribution is -0.605. The second-order valence-electron chi connectivity index (χ2n) is 6.53. The summed E-state index contributed by atoms with van der Waals surface area (Å²) in [6, 6.07) is 16.9. The second-order valence-corrected chi connectivity index (χ2v) is 7.40. The molecule has 0 saturated carbocycles. The first kappa shape index (κ1) is 19.7. The quantitative estimate of drug-likeness (QED) is 0.237. The molecule has 7 heteroatoms. The number of rotatable bonds is 3. The highest BCUT2D eigenvalue weighted by Crippen LogP contribution is 2.33. The van der Waals surface area contributed by atoms with Gasteiger partial charge in [-0.3, -0.25) is 9.36 Å². The molecule has 0 aliphatic rings. The van der Waals surface area contributed by atoms with E-state index >= 15 is 0 Å². The van der Waals surface area contributed by atoms with Gasteiger partial charge in [0.25, 0.3) is 5.56 Å². The van der Waals surface area contributed by atoms with Crippen LogP contribution in [0.5, 0.6) is 0 Å². The van der Waals surface area contributed by atoms with Gasteiger partial charge in [-0.2, -0.15) is 4.73 Å². The molecule has 146 valence electrons. The fourth-order valence-electron chi connectivity index (χ4n) is 3.24. The summed E-state index contributed by atoms with van der Waals surface area (Å²) in [5.74, 6) is 0. The average Bonchev–Trinajstić information content (AvgIpc) is 2.73. The molecule has 0 atom stereocenters. The van der Waals surface area contributed by atoms with Crippen LogP contribution in [0.1, 0.15) is 0 Å². The van der Waals surface area contributed by atoms with Crippen molar-refractivity contribution in [2.45, 2.75) is 0 Å². The largest absolute Gasteiger partial charge is 0.619 e. The van der Waals surface area contributed by atoms with E-state index in [0.717, 1.165) is 0 Å². The van der Waals surface area contributed by atoms with Crippen LogP contribution in [0.3, 0.4) is 0 Å². The van der Waals surface area contributed by atoms with Crippen LogP contribution in [-0.4, -0.2) is 4.57 Å². The van der Waals surface area contributed by atoms with E-state index in [1.54, 1.807) is 54.7 Å². The van der Waals surface area contributed by atoms with Gasteiger partial charge in [-0.15, -0.1) is 0 Å². The minimum atomic E-state index is -0.344. The zero-order chi connectivity index (χ0) is 21.3. The highest BCUT2D eigenvalue weighted by Gasteiger charge is 2.15. The van der Waals surface area contributed by atoms with Gasteiger partial charge in [0, 0.05) is 27.9 Å². The van der Waals surface area contributed by atoms with Crippen LogP contribution in [0.25, 0.3) is 32.8 Å². The third-order valence-corrected chi connectivity index (χ3v) is 5.00. The summed E-state index contributed by atoms with van der Waals surface area (Å²) in [5, 5.41) is 12.6. The monoisotopic (exact) mass is 433 g/mol. The zero-order valence-corrected chi connectivity index (χ0v) is 16.9. The van der Waals surface area contributed by atoms with Crippen LogP contribution >= 0.6 is 23.2 Å². The first-order valence-electron chi connectivity index (χ1n) is 8.85. The Morgan fingerprint density at radius 1 is 0.933 bits per heavy atom. The Hall–Kier alpha value is -3.59. The molecule has 0 amide bonds. The van der Waals surface area contributed by atoms with E-state index in [1.807, 2.05) is 12.1 Å². The Kier molecular flexibility index (Phi) is 5.28. The number of benzene rings is 2. The van der Waals surface area contributed by atoms with Crippen molar-refractivity contribution in [3.8, 4) is 27.9 Å². The molecule has 0 fully saturated rings. The van der Waals surface area contributed by atoms with Crippen molar-refractivity contribution in [2.75, 3.05) is 0 Å². The van der Waals surface area contributed by atoms with Crippen LogP contribution in [0.4, 0.5) is 5.69 Å². The van der Waals surface area contributed by atoms with Crippen molar-refractivity contribution < 1.29 is 4.73 Å². The van der Waals surface area contributed by atoms with Gasteiger partial charge < -0.3 is 5.21 Å². The molecule has 5 nitrogen and oxygen atoms in total. The minimum Gasteiger partial charge on any atom is -0.619 e. The Labute approximate surface area is 182 Å². The summed E-state index contributed by atoms with van der Waals surface area (Å²) in [4.78, 5) is 16.9. The van der Waals surface area contributed by atoms with E-state index in [-0.39, 0.29) is 5.56 Å². The lowest BCUT2D eigenvalue weighted by Gasteiger charge is -2.13. The molecule has 0 aliphatic carbocycles. The molecular weight excluding hydrogens is 421 g/mol. The lowest BCUT2D eigenvalue weighted by atomic mass is 10.00. The molecule has 4 rings (SSSR count). The minimum absolute atomic E-state index is 0.344. The standard InChI is InChI=1S/C23H13Cl2N3O2/c1-26-22-7-3-2-6-20(22)16-11-21(15-9-17(24)12-18(25)10-15)23(29)28(13-16)19-5-4-8-27(30)14-19/h2-14H. The normalized spacial score (nSPS) is 10.6. The average molecular weight is 434 g/mol. The molecule has 2 aromatic carbocycles. The van der Waals surface area contributed by atoms with E-state index in [0.29, 0.717) is 48.4 Å². The summed E-state index contributed by atoms with van der Waals surface area (Å²) in [5.41, 5.74) is 2.70. The first-order chi connectivity index (χ1) is 14.5. The first-order valence-corrected chi connectivity index (χ1v) is 9.61. The molecule has 0 radical (unpaired) electrons. The summed E-state index contributed by atoms with van der Waals surface area (Å²) in [7, 11) is 0. The van der Waals surface area contributed by atoms with E-state index in [2.05, 4.69) is 4.85 Å².